The highest BCUT2D eigenvalue weighted by atomic mass is 32.1. The van der Waals surface area contributed by atoms with E-state index in [1.165, 1.54) is 0 Å². The number of hydrogen-bond donors (Lipinski definition) is 1. The lowest BCUT2D eigenvalue weighted by Gasteiger charge is -2.26. The molecule has 104 valence electrons. The summed E-state index contributed by atoms with van der Waals surface area (Å²) in [5.74, 6) is 0.154. The van der Waals surface area contributed by atoms with Gasteiger partial charge in [-0.05, 0) is 19.9 Å². The Morgan fingerprint density at radius 2 is 2.53 bits per heavy atom. The third kappa shape index (κ3) is 2.52. The average molecular weight is 281 g/mol. The summed E-state index contributed by atoms with van der Waals surface area (Å²) >= 11 is 1.57. The number of ether oxygens (including phenoxy) is 1. The van der Waals surface area contributed by atoms with E-state index in [9.17, 15) is 4.79 Å². The summed E-state index contributed by atoms with van der Waals surface area (Å²) in [6.45, 7) is 2.29. The zero-order valence-corrected chi connectivity index (χ0v) is 11.9. The molecule has 19 heavy (non-hydrogen) atoms. The molecule has 0 saturated carbocycles. The molecule has 3 rings (SSSR count). The number of nitrogens with zero attached hydrogens (tertiary/aromatic N) is 2. The van der Waals surface area contributed by atoms with Gasteiger partial charge in [-0.3, -0.25) is 4.79 Å². The Bertz CT molecular complexity index is 456. The monoisotopic (exact) mass is 281 g/mol. The Hall–Kier alpha value is -0.980. The van der Waals surface area contributed by atoms with Gasteiger partial charge in [0.2, 0.25) is 5.91 Å². The lowest BCUT2D eigenvalue weighted by atomic mass is 10.2. The Labute approximate surface area is 117 Å². The standard InChI is InChI=1S/C13H19N3O2S/c1-14-11-12-10(15-8-19-12)4-5-16(13(11)17)7-9-3-2-6-18-9/h8-9,11,14H,2-7H2,1H3. The number of amides is 1. The Morgan fingerprint density at radius 3 is 3.26 bits per heavy atom. The topological polar surface area (TPSA) is 54.5 Å². The fourth-order valence-corrected chi connectivity index (χ4v) is 3.76. The van der Waals surface area contributed by atoms with Crippen molar-refractivity contribution in [2.24, 2.45) is 0 Å². The molecule has 2 aliphatic heterocycles. The van der Waals surface area contributed by atoms with E-state index < -0.39 is 0 Å². The van der Waals surface area contributed by atoms with Crippen LogP contribution in [0.3, 0.4) is 0 Å². The predicted octanol–water partition coefficient (Wildman–Crippen LogP) is 0.967. The van der Waals surface area contributed by atoms with E-state index >= 15 is 0 Å². The van der Waals surface area contributed by atoms with Gasteiger partial charge in [0.25, 0.3) is 0 Å². The molecule has 1 saturated heterocycles. The highest BCUT2D eigenvalue weighted by Crippen LogP contribution is 2.28. The zero-order valence-electron chi connectivity index (χ0n) is 11.1. The highest BCUT2D eigenvalue weighted by Gasteiger charge is 2.33. The van der Waals surface area contributed by atoms with Crippen LogP contribution in [0, 0.1) is 0 Å². The van der Waals surface area contributed by atoms with Gasteiger partial charge < -0.3 is 15.0 Å². The summed E-state index contributed by atoms with van der Waals surface area (Å²) < 4.78 is 5.64. The van der Waals surface area contributed by atoms with Gasteiger partial charge in [0, 0.05) is 26.1 Å². The molecule has 1 aromatic heterocycles. The Morgan fingerprint density at radius 1 is 1.63 bits per heavy atom. The fraction of sp³-hybridized carbons (Fsp3) is 0.692. The van der Waals surface area contributed by atoms with Crippen LogP contribution in [0.15, 0.2) is 5.51 Å². The molecule has 1 amide bonds. The van der Waals surface area contributed by atoms with Crippen molar-refractivity contribution < 1.29 is 9.53 Å². The van der Waals surface area contributed by atoms with Crippen LogP contribution in [0.4, 0.5) is 0 Å². The summed E-state index contributed by atoms with van der Waals surface area (Å²) in [7, 11) is 1.83. The van der Waals surface area contributed by atoms with Crippen LogP contribution < -0.4 is 5.32 Å². The van der Waals surface area contributed by atoms with Crippen molar-refractivity contribution in [3.8, 4) is 0 Å². The van der Waals surface area contributed by atoms with E-state index in [1.807, 2.05) is 17.5 Å². The largest absolute Gasteiger partial charge is 0.376 e. The minimum Gasteiger partial charge on any atom is -0.376 e. The van der Waals surface area contributed by atoms with Crippen molar-refractivity contribution >= 4 is 17.2 Å². The molecule has 1 N–H and O–H groups in total. The molecule has 1 fully saturated rings. The molecule has 0 aliphatic carbocycles. The van der Waals surface area contributed by atoms with E-state index in [0.717, 1.165) is 43.0 Å². The maximum absolute atomic E-state index is 12.6. The molecule has 2 unspecified atom stereocenters. The first kappa shape index (κ1) is 13.0. The molecule has 1 aromatic rings. The number of likely N-dealkylation sites (N-methyl/N-ethyl adjacent to an activating group) is 1. The molecule has 5 nitrogen and oxygen atoms in total. The fourth-order valence-electron chi connectivity index (χ4n) is 2.82. The first-order valence-corrected chi connectivity index (χ1v) is 7.67. The zero-order chi connectivity index (χ0) is 13.2. The van der Waals surface area contributed by atoms with Gasteiger partial charge in [-0.15, -0.1) is 11.3 Å². The molecule has 0 aromatic carbocycles. The third-order valence-electron chi connectivity index (χ3n) is 3.85. The SMILES string of the molecule is CNC1C(=O)N(CC2CCCO2)CCc2ncsc21. The van der Waals surface area contributed by atoms with E-state index in [0.29, 0.717) is 6.54 Å². The minimum absolute atomic E-state index is 0.154. The number of carbonyl (C=O) groups excluding carboxylic acids is 1. The number of hydrogen-bond acceptors (Lipinski definition) is 5. The van der Waals surface area contributed by atoms with Crippen LogP contribution in [0.1, 0.15) is 29.5 Å². The van der Waals surface area contributed by atoms with Gasteiger partial charge in [-0.1, -0.05) is 0 Å². The maximum atomic E-state index is 12.6. The summed E-state index contributed by atoms with van der Waals surface area (Å²) in [6, 6.07) is -0.244. The van der Waals surface area contributed by atoms with Crippen LogP contribution in [-0.4, -0.2) is 48.6 Å². The predicted molar refractivity (Wildman–Crippen MR) is 73.2 cm³/mol. The van der Waals surface area contributed by atoms with E-state index in [1.54, 1.807) is 11.3 Å². The number of rotatable bonds is 3. The van der Waals surface area contributed by atoms with Crippen LogP contribution >= 0.6 is 11.3 Å². The number of carbonyl (C=O) groups is 1. The lowest BCUT2D eigenvalue weighted by Crippen LogP contribution is -2.42. The van der Waals surface area contributed by atoms with Crippen LogP contribution in [0.5, 0.6) is 0 Å². The van der Waals surface area contributed by atoms with Gasteiger partial charge >= 0.3 is 0 Å². The second kappa shape index (κ2) is 5.56. The van der Waals surface area contributed by atoms with Crippen LogP contribution in [0.25, 0.3) is 0 Å². The molecule has 2 atom stereocenters. The number of thiazole rings is 1. The van der Waals surface area contributed by atoms with Gasteiger partial charge in [-0.2, -0.15) is 0 Å². The smallest absolute Gasteiger partial charge is 0.245 e. The van der Waals surface area contributed by atoms with Crippen molar-refractivity contribution in [1.29, 1.82) is 0 Å². The molecular weight excluding hydrogens is 262 g/mol. The number of aromatic nitrogens is 1. The minimum atomic E-state index is -0.244. The summed E-state index contributed by atoms with van der Waals surface area (Å²) in [4.78, 5) is 20.0. The van der Waals surface area contributed by atoms with Crippen molar-refractivity contribution in [2.45, 2.75) is 31.4 Å². The molecule has 0 spiro atoms. The van der Waals surface area contributed by atoms with E-state index in [-0.39, 0.29) is 18.1 Å². The van der Waals surface area contributed by atoms with Gasteiger partial charge in [0.05, 0.1) is 22.2 Å². The molecule has 0 bridgehead atoms. The molecule has 0 radical (unpaired) electrons. The quantitative estimate of drug-likeness (QED) is 0.897. The third-order valence-corrected chi connectivity index (χ3v) is 4.78. The van der Waals surface area contributed by atoms with Gasteiger partial charge in [0.1, 0.15) is 6.04 Å². The highest BCUT2D eigenvalue weighted by molar-refractivity contribution is 7.10. The average Bonchev–Trinajstić information content (AvgIpc) is 3.04. The normalized spacial score (nSPS) is 27.4. The first-order valence-electron chi connectivity index (χ1n) is 6.79. The maximum Gasteiger partial charge on any atom is 0.245 e. The summed E-state index contributed by atoms with van der Waals surface area (Å²) in [5.41, 5.74) is 2.89. The van der Waals surface area contributed by atoms with Crippen LogP contribution in [0.2, 0.25) is 0 Å². The van der Waals surface area contributed by atoms with Crippen molar-refractivity contribution in [3.05, 3.63) is 16.1 Å². The van der Waals surface area contributed by atoms with Crippen molar-refractivity contribution in [3.63, 3.8) is 0 Å². The summed E-state index contributed by atoms with van der Waals surface area (Å²) in [5, 5.41) is 3.13. The second-order valence-electron chi connectivity index (χ2n) is 5.05. The second-order valence-corrected chi connectivity index (χ2v) is 5.94. The van der Waals surface area contributed by atoms with E-state index in [4.69, 9.17) is 4.74 Å². The van der Waals surface area contributed by atoms with E-state index in [2.05, 4.69) is 10.3 Å². The Balaban J connectivity index is 1.77. The Kier molecular flexibility index (Phi) is 3.81. The number of fused-ring (bicyclic) bond motifs is 1. The first-order chi connectivity index (χ1) is 9.29. The van der Waals surface area contributed by atoms with Crippen molar-refractivity contribution in [1.82, 2.24) is 15.2 Å². The van der Waals surface area contributed by atoms with Gasteiger partial charge in [0.15, 0.2) is 0 Å². The van der Waals surface area contributed by atoms with Gasteiger partial charge in [-0.25, -0.2) is 4.98 Å². The summed E-state index contributed by atoms with van der Waals surface area (Å²) in [6.07, 6.45) is 3.23. The lowest BCUT2D eigenvalue weighted by molar-refractivity contribution is -0.134. The molecule has 3 heterocycles. The van der Waals surface area contributed by atoms with Crippen LogP contribution in [-0.2, 0) is 16.0 Å². The van der Waals surface area contributed by atoms with Crippen molar-refractivity contribution in [2.75, 3.05) is 26.7 Å². The molecule has 6 heteroatoms. The molecule has 2 aliphatic rings. The number of nitrogens with one attached hydrogen (secondary N) is 1. The molecular formula is C13H19N3O2S.